The maximum absolute atomic E-state index is 12.4. The minimum Gasteiger partial charge on any atom is -0.377 e. The van der Waals surface area contributed by atoms with Gasteiger partial charge in [-0.25, -0.2) is 4.98 Å². The topological polar surface area (TPSA) is 81.9 Å². The standard InChI is InChI=1S/C20H23N5O2S2/c1-14-22-17(13-28-14)19(26)21-10-18-23-24-20(29-12-16-8-5-9-27-16)25(18)11-15-6-3-2-4-7-15/h2-4,6-7,13,16H,5,8-12H2,1H3,(H,21,26)/t16-/m1/s1. The number of thioether (sulfide) groups is 1. The maximum Gasteiger partial charge on any atom is 0.271 e. The van der Waals surface area contributed by atoms with Crippen LogP contribution in [0.15, 0.2) is 40.9 Å². The van der Waals surface area contributed by atoms with Gasteiger partial charge in [0, 0.05) is 17.7 Å². The van der Waals surface area contributed by atoms with Crippen LogP contribution in [0.25, 0.3) is 0 Å². The molecule has 1 aliphatic heterocycles. The van der Waals surface area contributed by atoms with Gasteiger partial charge in [-0.3, -0.25) is 4.79 Å². The molecule has 1 aliphatic rings. The van der Waals surface area contributed by atoms with Gasteiger partial charge in [-0.05, 0) is 25.3 Å². The van der Waals surface area contributed by atoms with Crippen LogP contribution in [0.1, 0.15) is 39.7 Å². The fourth-order valence-corrected chi connectivity index (χ4v) is 4.76. The molecule has 0 bridgehead atoms. The van der Waals surface area contributed by atoms with E-state index in [0.717, 1.165) is 46.8 Å². The third-order valence-corrected chi connectivity index (χ3v) is 6.53. The summed E-state index contributed by atoms with van der Waals surface area (Å²) in [6.07, 6.45) is 2.49. The molecule has 1 atom stereocenters. The number of rotatable bonds is 8. The SMILES string of the molecule is Cc1nc(C(=O)NCc2nnc(SC[C@H]3CCCO3)n2Cc2ccccc2)cs1. The number of aromatic nitrogens is 4. The maximum atomic E-state index is 12.4. The lowest BCUT2D eigenvalue weighted by atomic mass is 10.2. The van der Waals surface area contributed by atoms with Gasteiger partial charge in [-0.2, -0.15) is 0 Å². The van der Waals surface area contributed by atoms with E-state index >= 15 is 0 Å². The number of carbonyl (C=O) groups excluding carboxylic acids is 1. The summed E-state index contributed by atoms with van der Waals surface area (Å²) in [5, 5.41) is 15.1. The molecular weight excluding hydrogens is 406 g/mol. The van der Waals surface area contributed by atoms with Crippen molar-refractivity contribution in [3.05, 3.63) is 57.8 Å². The molecule has 1 N–H and O–H groups in total. The zero-order valence-corrected chi connectivity index (χ0v) is 17.8. The van der Waals surface area contributed by atoms with E-state index in [2.05, 4.69) is 37.2 Å². The molecule has 0 aliphatic carbocycles. The van der Waals surface area contributed by atoms with E-state index in [1.165, 1.54) is 11.3 Å². The van der Waals surface area contributed by atoms with Crippen LogP contribution in [0.3, 0.4) is 0 Å². The van der Waals surface area contributed by atoms with E-state index in [1.54, 1.807) is 17.1 Å². The number of hydrogen-bond acceptors (Lipinski definition) is 7. The monoisotopic (exact) mass is 429 g/mol. The van der Waals surface area contributed by atoms with Crippen molar-refractivity contribution < 1.29 is 9.53 Å². The first-order chi connectivity index (χ1) is 14.2. The average Bonchev–Trinajstić information content (AvgIpc) is 3.48. The van der Waals surface area contributed by atoms with Crippen molar-refractivity contribution in [2.24, 2.45) is 0 Å². The summed E-state index contributed by atoms with van der Waals surface area (Å²) in [6.45, 7) is 3.68. The van der Waals surface area contributed by atoms with E-state index in [4.69, 9.17) is 4.74 Å². The minimum absolute atomic E-state index is 0.197. The Hall–Kier alpha value is -2.23. The smallest absolute Gasteiger partial charge is 0.271 e. The van der Waals surface area contributed by atoms with Crippen molar-refractivity contribution in [1.29, 1.82) is 0 Å². The largest absolute Gasteiger partial charge is 0.377 e. The molecule has 152 valence electrons. The Morgan fingerprint density at radius 2 is 2.21 bits per heavy atom. The minimum atomic E-state index is -0.197. The molecule has 29 heavy (non-hydrogen) atoms. The summed E-state index contributed by atoms with van der Waals surface area (Å²) < 4.78 is 7.80. The molecule has 9 heteroatoms. The summed E-state index contributed by atoms with van der Waals surface area (Å²) in [5.74, 6) is 1.39. The first kappa shape index (κ1) is 20.1. The van der Waals surface area contributed by atoms with Gasteiger partial charge in [0.05, 0.1) is 24.2 Å². The van der Waals surface area contributed by atoms with Crippen molar-refractivity contribution in [3.63, 3.8) is 0 Å². The fraction of sp³-hybridized carbons (Fsp3) is 0.400. The van der Waals surface area contributed by atoms with Crippen molar-refractivity contribution in [2.45, 2.75) is 44.1 Å². The highest BCUT2D eigenvalue weighted by Crippen LogP contribution is 2.24. The quantitative estimate of drug-likeness (QED) is 0.554. The third kappa shape index (κ3) is 5.23. The molecule has 1 amide bonds. The Morgan fingerprint density at radius 1 is 1.34 bits per heavy atom. The number of hydrogen-bond donors (Lipinski definition) is 1. The van der Waals surface area contributed by atoms with Crippen LogP contribution in [0.4, 0.5) is 0 Å². The van der Waals surface area contributed by atoms with Gasteiger partial charge in [0.15, 0.2) is 11.0 Å². The van der Waals surface area contributed by atoms with Crippen LogP contribution in [-0.4, -0.2) is 44.1 Å². The summed E-state index contributed by atoms with van der Waals surface area (Å²) in [5.41, 5.74) is 1.60. The predicted molar refractivity (Wildman–Crippen MR) is 113 cm³/mol. The number of nitrogens with one attached hydrogen (secondary N) is 1. The lowest BCUT2D eigenvalue weighted by Crippen LogP contribution is -2.25. The second kappa shape index (κ2) is 9.51. The molecular formula is C20H23N5O2S2. The highest BCUT2D eigenvalue weighted by Gasteiger charge is 2.20. The van der Waals surface area contributed by atoms with Gasteiger partial charge in [0.2, 0.25) is 0 Å². The van der Waals surface area contributed by atoms with Gasteiger partial charge in [0.25, 0.3) is 5.91 Å². The normalized spacial score (nSPS) is 16.2. The van der Waals surface area contributed by atoms with E-state index in [0.29, 0.717) is 18.8 Å². The van der Waals surface area contributed by atoms with Gasteiger partial charge < -0.3 is 14.6 Å². The van der Waals surface area contributed by atoms with E-state index in [-0.39, 0.29) is 12.0 Å². The zero-order valence-electron chi connectivity index (χ0n) is 16.2. The number of amides is 1. The van der Waals surface area contributed by atoms with Crippen LogP contribution in [0.2, 0.25) is 0 Å². The van der Waals surface area contributed by atoms with Crippen LogP contribution in [0.5, 0.6) is 0 Å². The number of aryl methyl sites for hydroxylation is 1. The van der Waals surface area contributed by atoms with Crippen LogP contribution in [0, 0.1) is 6.92 Å². The van der Waals surface area contributed by atoms with Crippen molar-refractivity contribution in [2.75, 3.05) is 12.4 Å². The van der Waals surface area contributed by atoms with E-state index < -0.39 is 0 Å². The lowest BCUT2D eigenvalue weighted by molar-refractivity contribution is 0.0945. The highest BCUT2D eigenvalue weighted by molar-refractivity contribution is 7.99. The molecule has 0 saturated carbocycles. The molecule has 0 radical (unpaired) electrons. The molecule has 1 saturated heterocycles. The Kier molecular flexibility index (Phi) is 6.58. The van der Waals surface area contributed by atoms with Crippen molar-refractivity contribution in [1.82, 2.24) is 25.1 Å². The second-order valence-corrected chi connectivity index (χ2v) is 8.90. The number of carbonyl (C=O) groups is 1. The van der Waals surface area contributed by atoms with Crippen LogP contribution in [-0.2, 0) is 17.8 Å². The van der Waals surface area contributed by atoms with E-state index in [9.17, 15) is 4.79 Å². The third-order valence-electron chi connectivity index (χ3n) is 4.66. The fourth-order valence-electron chi connectivity index (χ4n) is 3.14. The number of nitrogens with zero attached hydrogens (tertiary/aromatic N) is 4. The van der Waals surface area contributed by atoms with Gasteiger partial charge in [-0.1, -0.05) is 42.1 Å². The predicted octanol–water partition coefficient (Wildman–Crippen LogP) is 3.29. The highest BCUT2D eigenvalue weighted by atomic mass is 32.2. The van der Waals surface area contributed by atoms with Crippen LogP contribution < -0.4 is 5.32 Å². The molecule has 1 aromatic carbocycles. The lowest BCUT2D eigenvalue weighted by Gasteiger charge is -2.12. The number of thiazole rings is 1. The number of benzene rings is 1. The summed E-state index contributed by atoms with van der Waals surface area (Å²) in [4.78, 5) is 16.6. The summed E-state index contributed by atoms with van der Waals surface area (Å²) in [7, 11) is 0. The molecule has 3 heterocycles. The second-order valence-electron chi connectivity index (χ2n) is 6.85. The molecule has 7 nitrogen and oxygen atoms in total. The Balaban J connectivity index is 1.48. The van der Waals surface area contributed by atoms with Gasteiger partial charge in [0.1, 0.15) is 5.69 Å². The van der Waals surface area contributed by atoms with Crippen molar-refractivity contribution >= 4 is 29.0 Å². The summed E-state index contributed by atoms with van der Waals surface area (Å²) >= 11 is 3.12. The van der Waals surface area contributed by atoms with Crippen molar-refractivity contribution in [3.8, 4) is 0 Å². The molecule has 0 unspecified atom stereocenters. The van der Waals surface area contributed by atoms with Gasteiger partial charge in [-0.15, -0.1) is 21.5 Å². The molecule has 1 fully saturated rings. The summed E-state index contributed by atoms with van der Waals surface area (Å²) in [6, 6.07) is 10.2. The molecule has 0 spiro atoms. The number of ether oxygens (including phenoxy) is 1. The Morgan fingerprint density at radius 3 is 2.93 bits per heavy atom. The molecule has 2 aromatic heterocycles. The Labute approximate surface area is 177 Å². The first-order valence-electron chi connectivity index (χ1n) is 9.60. The first-order valence-corrected chi connectivity index (χ1v) is 11.5. The van der Waals surface area contributed by atoms with Gasteiger partial charge >= 0.3 is 0 Å². The van der Waals surface area contributed by atoms with E-state index in [1.807, 2.05) is 25.1 Å². The molecule has 4 rings (SSSR count). The molecule has 3 aromatic rings. The average molecular weight is 430 g/mol. The zero-order chi connectivity index (χ0) is 20.1. The Bertz CT molecular complexity index is 951. The van der Waals surface area contributed by atoms with Crippen LogP contribution >= 0.6 is 23.1 Å².